The van der Waals surface area contributed by atoms with Gasteiger partial charge in [0.25, 0.3) is 0 Å². The molecule has 1 unspecified atom stereocenters. The fourth-order valence-electron chi connectivity index (χ4n) is 10.6. The number of aliphatic hydroxyl groups excluding tert-OH is 1. The molecule has 0 bridgehead atoms. The lowest BCUT2D eigenvalue weighted by Crippen LogP contribution is -2.46. The summed E-state index contributed by atoms with van der Waals surface area (Å²) in [6, 6.07) is 38.9. The monoisotopic (exact) mass is 1060 g/mol. The first-order valence-electron chi connectivity index (χ1n) is 25.2. The molecule has 0 spiro atoms. The molecule has 5 aromatic carbocycles. The molecule has 9 rings (SSSR count). The average molecular weight is 1070 g/mol. The highest BCUT2D eigenvalue weighted by molar-refractivity contribution is 7.99. The molecular weight excluding hydrogens is 999 g/mol. The van der Waals surface area contributed by atoms with E-state index in [9.17, 15) is 23.4 Å². The Kier molecular flexibility index (Phi) is 16.4. The summed E-state index contributed by atoms with van der Waals surface area (Å²) >= 11 is 8.02. The number of aromatic nitrogens is 1. The van der Waals surface area contributed by atoms with Gasteiger partial charge in [0, 0.05) is 102 Å². The minimum absolute atomic E-state index is 0.0174. The summed E-state index contributed by atoms with van der Waals surface area (Å²) < 4.78 is 52.1. The van der Waals surface area contributed by atoms with E-state index in [-0.39, 0.29) is 30.2 Å². The summed E-state index contributed by atoms with van der Waals surface area (Å²) in [5, 5.41) is 24.8. The van der Waals surface area contributed by atoms with Gasteiger partial charge in [0.05, 0.1) is 40.3 Å². The molecule has 0 radical (unpaired) electrons. The van der Waals surface area contributed by atoms with E-state index in [1.165, 1.54) is 12.3 Å². The van der Waals surface area contributed by atoms with Crippen LogP contribution in [0.15, 0.2) is 131 Å². The van der Waals surface area contributed by atoms with Gasteiger partial charge < -0.3 is 39.3 Å². The molecule has 386 valence electrons. The number of likely N-dealkylation sites (tertiary alicyclic amines) is 1. The fraction of sp³-hybridized carbons (Fsp3) is 0.375. The Hall–Kier alpha value is -5.25. The third kappa shape index (κ3) is 11.7. The van der Waals surface area contributed by atoms with E-state index >= 15 is 4.57 Å². The Morgan fingerprint density at radius 3 is 2.14 bits per heavy atom. The molecule has 13 nitrogen and oxygen atoms in total. The second-order valence-electron chi connectivity index (χ2n) is 19.7. The number of hydrogen-bond acceptors (Lipinski definition) is 11. The minimum atomic E-state index is -3.76. The summed E-state index contributed by atoms with van der Waals surface area (Å²) in [5.74, 6) is 0.101. The number of hydrogen-bond donors (Lipinski definition) is 3. The second-order valence-corrected chi connectivity index (χ2v) is 25.5. The SMILES string of the molecule is Cc1c(C(=O)O)c(-c2cccc(N3CCN(c4ccc(N5CCO[P@]5(=O)c5ccc(NC(CCN6CCC(CO)CC6)CSc6ccccc6)c(S(C)(=O)=O)c5)cc4)CC3)c2)c(-c2ccc(Cl)cc2)n1C(C)C. The first-order valence-corrected chi connectivity index (χ1v) is 30.0. The molecule has 4 heterocycles. The van der Waals surface area contributed by atoms with Gasteiger partial charge in [0.15, 0.2) is 9.84 Å². The summed E-state index contributed by atoms with van der Waals surface area (Å²) in [7, 11) is -7.46. The van der Waals surface area contributed by atoms with Crippen LogP contribution in [0.5, 0.6) is 0 Å². The number of carboxylic acid groups (broad SMARTS) is 1. The van der Waals surface area contributed by atoms with Gasteiger partial charge in [-0.15, -0.1) is 11.8 Å². The van der Waals surface area contributed by atoms with Crippen LogP contribution in [-0.2, 0) is 18.9 Å². The zero-order valence-corrected chi connectivity index (χ0v) is 45.3. The Morgan fingerprint density at radius 1 is 0.822 bits per heavy atom. The maximum Gasteiger partial charge on any atom is 0.338 e. The lowest BCUT2D eigenvalue weighted by Gasteiger charge is -2.37. The molecule has 3 saturated heterocycles. The number of nitrogens with zero attached hydrogens (tertiary/aromatic N) is 5. The molecule has 6 aromatic rings. The number of carbonyl (C=O) groups is 1. The summed E-state index contributed by atoms with van der Waals surface area (Å²) in [4.78, 5) is 21.2. The molecule has 3 aliphatic rings. The molecule has 2 atom stereocenters. The molecule has 0 amide bonds. The topological polar surface area (TPSA) is 148 Å². The van der Waals surface area contributed by atoms with Gasteiger partial charge in [0.1, 0.15) is 0 Å². The number of thioether (sulfide) groups is 1. The summed E-state index contributed by atoms with van der Waals surface area (Å²) in [6.07, 6.45) is 3.92. The number of rotatable bonds is 18. The highest BCUT2D eigenvalue weighted by Crippen LogP contribution is 2.56. The first kappa shape index (κ1) is 52.6. The van der Waals surface area contributed by atoms with Crippen molar-refractivity contribution in [3.63, 3.8) is 0 Å². The third-order valence-corrected chi connectivity index (χ3v) is 19.6. The van der Waals surface area contributed by atoms with Crippen molar-refractivity contribution in [2.24, 2.45) is 5.92 Å². The van der Waals surface area contributed by atoms with E-state index in [0.717, 1.165) is 110 Å². The molecule has 0 aliphatic carbocycles. The molecule has 73 heavy (non-hydrogen) atoms. The second kappa shape index (κ2) is 22.7. The van der Waals surface area contributed by atoms with Crippen molar-refractivity contribution < 1.29 is 32.5 Å². The average Bonchev–Trinajstić information content (AvgIpc) is 3.95. The molecule has 3 fully saturated rings. The first-order chi connectivity index (χ1) is 35.1. The van der Waals surface area contributed by atoms with E-state index in [1.807, 2.05) is 85.8 Å². The Morgan fingerprint density at radius 2 is 1.49 bits per heavy atom. The largest absolute Gasteiger partial charge is 0.478 e. The van der Waals surface area contributed by atoms with Crippen molar-refractivity contribution in [3.8, 4) is 22.4 Å². The Balaban J connectivity index is 0.893. The highest BCUT2D eigenvalue weighted by Gasteiger charge is 2.41. The quantitative estimate of drug-likeness (QED) is 0.0555. The Labute approximate surface area is 439 Å². The van der Waals surface area contributed by atoms with Crippen LogP contribution in [0, 0.1) is 12.8 Å². The predicted octanol–water partition coefficient (Wildman–Crippen LogP) is 10.8. The molecular formula is C56H66ClN6O7PS2. The Bertz CT molecular complexity index is 3050. The number of piperazine rings is 1. The van der Waals surface area contributed by atoms with Gasteiger partial charge in [-0.25, -0.2) is 13.2 Å². The number of carboxylic acids is 1. The van der Waals surface area contributed by atoms with Crippen molar-refractivity contribution in [3.05, 3.63) is 138 Å². The van der Waals surface area contributed by atoms with Crippen LogP contribution in [-0.4, -0.2) is 118 Å². The van der Waals surface area contributed by atoms with Gasteiger partial charge in [-0.05, 0) is 149 Å². The lowest BCUT2D eigenvalue weighted by molar-refractivity contribution is 0.0696. The van der Waals surface area contributed by atoms with Gasteiger partial charge in [-0.1, -0.05) is 54.1 Å². The molecule has 0 saturated carbocycles. The molecule has 1 aromatic heterocycles. The van der Waals surface area contributed by atoms with E-state index in [2.05, 4.69) is 62.7 Å². The zero-order valence-electron chi connectivity index (χ0n) is 42.0. The zero-order chi connectivity index (χ0) is 51.4. The van der Waals surface area contributed by atoms with Crippen molar-refractivity contribution in [1.82, 2.24) is 9.47 Å². The van der Waals surface area contributed by atoms with Crippen LogP contribution in [0.25, 0.3) is 22.4 Å². The van der Waals surface area contributed by atoms with Gasteiger partial charge >= 0.3 is 13.5 Å². The van der Waals surface area contributed by atoms with Crippen LogP contribution in [0.1, 0.15) is 55.2 Å². The lowest BCUT2D eigenvalue weighted by atomic mass is 9.96. The number of aromatic carboxylic acids is 1. The number of anilines is 4. The number of sulfone groups is 1. The van der Waals surface area contributed by atoms with Gasteiger partial charge in [-0.2, -0.15) is 0 Å². The van der Waals surface area contributed by atoms with Crippen LogP contribution < -0.4 is 25.1 Å². The maximum absolute atomic E-state index is 15.0. The number of nitrogens with one attached hydrogen (secondary N) is 1. The standard InChI is InChI=1S/C56H66ClN6O7PS2/c1-39(2)63-40(3)53(56(65)66)54(55(63)42-13-15-44(57)16-14-42)43-9-8-10-48(35-43)61-31-29-60(30-32-61)46-17-19-47(20-18-46)62-33-34-70-71(62,67)49-21-22-51(52(36-49)73(4,68)69)58-45(38-72-50-11-6-5-7-12-50)25-28-59-26-23-41(37-64)24-27-59/h5-22,35-36,39,41,45,58,64H,23-34,37-38H2,1-4H3,(H,65,66)/t45?,71-/m1/s1. The minimum Gasteiger partial charge on any atom is -0.478 e. The van der Waals surface area contributed by atoms with Gasteiger partial charge in [-0.3, -0.25) is 9.24 Å². The number of benzene rings is 5. The highest BCUT2D eigenvalue weighted by atomic mass is 35.5. The predicted molar refractivity (Wildman–Crippen MR) is 299 cm³/mol. The summed E-state index contributed by atoms with van der Waals surface area (Å²) in [6.45, 7) is 12.5. The van der Waals surface area contributed by atoms with Crippen LogP contribution in [0.4, 0.5) is 22.7 Å². The maximum atomic E-state index is 15.0. The molecule has 17 heteroatoms. The van der Waals surface area contributed by atoms with Crippen LogP contribution >= 0.6 is 30.9 Å². The number of piperidine rings is 1. The van der Waals surface area contributed by atoms with E-state index < -0.39 is 23.3 Å². The normalized spacial score (nSPS) is 18.4. The van der Waals surface area contributed by atoms with Crippen LogP contribution in [0.3, 0.4) is 0 Å². The molecule has 3 aliphatic heterocycles. The fourth-order valence-corrected chi connectivity index (χ4v) is 14.9. The molecule has 3 N–H and O–H groups in total. The van der Waals surface area contributed by atoms with Crippen molar-refractivity contribution in [2.75, 3.05) is 97.4 Å². The van der Waals surface area contributed by atoms with Crippen molar-refractivity contribution >= 4 is 74.7 Å². The smallest absolute Gasteiger partial charge is 0.338 e. The number of halogens is 1. The van der Waals surface area contributed by atoms with Crippen LogP contribution in [0.2, 0.25) is 5.02 Å². The third-order valence-electron chi connectivity index (χ3n) is 14.5. The number of aliphatic hydroxyl groups is 1. The van der Waals surface area contributed by atoms with Gasteiger partial charge in [0.2, 0.25) is 0 Å². The van der Waals surface area contributed by atoms with Crippen molar-refractivity contribution in [2.45, 2.75) is 61.9 Å². The van der Waals surface area contributed by atoms with E-state index in [1.54, 1.807) is 28.6 Å². The van der Waals surface area contributed by atoms with E-state index in [0.29, 0.717) is 45.3 Å². The van der Waals surface area contributed by atoms with Crippen molar-refractivity contribution in [1.29, 1.82) is 0 Å². The summed E-state index contributed by atoms with van der Waals surface area (Å²) in [5.41, 5.74) is 7.52. The van der Waals surface area contributed by atoms with E-state index in [4.69, 9.17) is 16.1 Å².